The standard InChI is InChI=1S/C23H23F4N3O2/c1-12-28-10-14-16(29-12)6-5-7-17(14)30-20-13-8-9-15(24)19(32-4)18(13)21(2,3)11-22(20,31)23(25,26)27/h5-10,20,30-31H,11H2,1-4H3/t20-,22-/m1/s1. The number of ether oxygens (including phenoxy) is 1. The van der Waals surface area contributed by atoms with E-state index in [1.54, 1.807) is 25.1 Å². The number of anilines is 1. The van der Waals surface area contributed by atoms with Crippen LogP contribution in [0.2, 0.25) is 0 Å². The normalized spacial score (nSPS) is 22.5. The van der Waals surface area contributed by atoms with Crippen molar-refractivity contribution in [3.8, 4) is 5.75 Å². The molecule has 0 fully saturated rings. The fourth-order valence-electron chi connectivity index (χ4n) is 4.72. The molecule has 0 spiro atoms. The quantitative estimate of drug-likeness (QED) is 0.537. The smallest absolute Gasteiger partial charge is 0.419 e. The van der Waals surface area contributed by atoms with Crippen LogP contribution in [0.1, 0.15) is 43.3 Å². The molecule has 5 nitrogen and oxygen atoms in total. The highest BCUT2D eigenvalue weighted by atomic mass is 19.4. The van der Waals surface area contributed by atoms with Crippen molar-refractivity contribution in [2.24, 2.45) is 0 Å². The van der Waals surface area contributed by atoms with Gasteiger partial charge in [-0.05, 0) is 42.5 Å². The van der Waals surface area contributed by atoms with Crippen molar-refractivity contribution < 1.29 is 27.4 Å². The van der Waals surface area contributed by atoms with Crippen molar-refractivity contribution in [1.29, 1.82) is 0 Å². The predicted molar refractivity (Wildman–Crippen MR) is 112 cm³/mol. The van der Waals surface area contributed by atoms with Crippen molar-refractivity contribution in [3.05, 3.63) is 59.3 Å². The SMILES string of the molecule is COc1c(F)ccc2c1C(C)(C)C[C@](O)(C(F)(F)F)[C@@H]2Nc1cccc2nc(C)ncc12. The number of aromatic nitrogens is 2. The number of nitrogens with zero attached hydrogens (tertiary/aromatic N) is 2. The molecule has 2 N–H and O–H groups in total. The highest BCUT2D eigenvalue weighted by molar-refractivity contribution is 5.91. The van der Waals surface area contributed by atoms with Crippen LogP contribution in [0.25, 0.3) is 10.9 Å². The summed E-state index contributed by atoms with van der Waals surface area (Å²) in [6, 6.07) is 5.68. The van der Waals surface area contributed by atoms with E-state index in [1.807, 2.05) is 0 Å². The molecule has 2 aromatic carbocycles. The maximum Gasteiger partial charge on any atom is 0.419 e. The van der Waals surface area contributed by atoms with Gasteiger partial charge in [-0.3, -0.25) is 0 Å². The molecule has 2 atom stereocenters. The summed E-state index contributed by atoms with van der Waals surface area (Å²) in [6.07, 6.45) is -4.13. The summed E-state index contributed by atoms with van der Waals surface area (Å²) in [5, 5.41) is 14.5. The van der Waals surface area contributed by atoms with E-state index in [9.17, 15) is 22.7 Å². The summed E-state index contributed by atoms with van der Waals surface area (Å²) < 4.78 is 62.7. The third kappa shape index (κ3) is 3.35. The van der Waals surface area contributed by atoms with E-state index < -0.39 is 35.5 Å². The molecular weight excluding hydrogens is 426 g/mol. The number of halogens is 4. The molecule has 1 aliphatic carbocycles. The predicted octanol–water partition coefficient (Wildman–Crippen LogP) is 5.21. The van der Waals surface area contributed by atoms with Gasteiger partial charge in [-0.2, -0.15) is 13.2 Å². The van der Waals surface area contributed by atoms with Crippen LogP contribution in [0, 0.1) is 12.7 Å². The van der Waals surface area contributed by atoms with Gasteiger partial charge in [0, 0.05) is 22.8 Å². The lowest BCUT2D eigenvalue weighted by Gasteiger charge is -2.49. The molecule has 0 bridgehead atoms. The Morgan fingerprint density at radius 2 is 1.91 bits per heavy atom. The number of hydrogen-bond donors (Lipinski definition) is 2. The number of aryl methyl sites for hydroxylation is 1. The van der Waals surface area contributed by atoms with Gasteiger partial charge in [0.2, 0.25) is 0 Å². The highest BCUT2D eigenvalue weighted by Gasteiger charge is 2.64. The van der Waals surface area contributed by atoms with Crippen molar-refractivity contribution >= 4 is 16.6 Å². The summed E-state index contributed by atoms with van der Waals surface area (Å²) >= 11 is 0. The van der Waals surface area contributed by atoms with E-state index in [2.05, 4.69) is 15.3 Å². The molecule has 1 aliphatic rings. The van der Waals surface area contributed by atoms with Crippen LogP contribution in [0.3, 0.4) is 0 Å². The molecule has 0 amide bonds. The minimum atomic E-state index is -4.96. The first kappa shape index (κ1) is 22.3. The Morgan fingerprint density at radius 3 is 2.56 bits per heavy atom. The second-order valence-corrected chi connectivity index (χ2v) is 8.76. The van der Waals surface area contributed by atoms with E-state index in [4.69, 9.17) is 4.74 Å². The van der Waals surface area contributed by atoms with E-state index in [1.165, 1.54) is 33.2 Å². The molecule has 32 heavy (non-hydrogen) atoms. The van der Waals surface area contributed by atoms with Crippen LogP contribution in [0.15, 0.2) is 36.5 Å². The van der Waals surface area contributed by atoms with Gasteiger partial charge >= 0.3 is 6.18 Å². The van der Waals surface area contributed by atoms with E-state index in [0.29, 0.717) is 28.0 Å². The number of methoxy groups -OCH3 is 1. The van der Waals surface area contributed by atoms with Gasteiger partial charge in [-0.15, -0.1) is 0 Å². The van der Waals surface area contributed by atoms with Gasteiger partial charge in [-0.25, -0.2) is 14.4 Å². The fraction of sp³-hybridized carbons (Fsp3) is 0.391. The van der Waals surface area contributed by atoms with Crippen LogP contribution < -0.4 is 10.1 Å². The molecular formula is C23H23F4N3O2. The summed E-state index contributed by atoms with van der Waals surface area (Å²) in [7, 11) is 1.27. The van der Waals surface area contributed by atoms with Crippen molar-refractivity contribution in [2.75, 3.05) is 12.4 Å². The molecule has 0 radical (unpaired) electrons. The Kier molecular flexibility index (Phi) is 5.08. The maximum atomic E-state index is 14.5. The molecule has 0 aliphatic heterocycles. The monoisotopic (exact) mass is 449 g/mol. The summed E-state index contributed by atoms with van der Waals surface area (Å²) in [6.45, 7) is 4.78. The van der Waals surface area contributed by atoms with Crippen LogP contribution in [-0.4, -0.2) is 34.0 Å². The first-order valence-electron chi connectivity index (χ1n) is 10.0. The lowest BCUT2D eigenvalue weighted by atomic mass is 9.63. The Labute approximate surface area is 182 Å². The van der Waals surface area contributed by atoms with Crippen LogP contribution in [0.5, 0.6) is 5.75 Å². The van der Waals surface area contributed by atoms with Crippen LogP contribution in [0.4, 0.5) is 23.2 Å². The lowest BCUT2D eigenvalue weighted by Crippen LogP contribution is -2.58. The first-order valence-corrected chi connectivity index (χ1v) is 10.0. The molecule has 1 aromatic heterocycles. The molecule has 9 heteroatoms. The first-order chi connectivity index (χ1) is 14.9. The van der Waals surface area contributed by atoms with Gasteiger partial charge < -0.3 is 15.2 Å². The minimum Gasteiger partial charge on any atom is -0.493 e. The van der Waals surface area contributed by atoms with E-state index in [0.717, 1.165) is 6.07 Å². The number of benzene rings is 2. The maximum absolute atomic E-state index is 14.5. The van der Waals surface area contributed by atoms with Crippen molar-refractivity contribution in [1.82, 2.24) is 9.97 Å². The zero-order valence-corrected chi connectivity index (χ0v) is 18.0. The van der Waals surface area contributed by atoms with Gasteiger partial charge in [0.25, 0.3) is 0 Å². The number of nitrogens with one attached hydrogen (secondary N) is 1. The zero-order valence-electron chi connectivity index (χ0n) is 18.0. The average Bonchev–Trinajstić information content (AvgIpc) is 2.69. The van der Waals surface area contributed by atoms with E-state index >= 15 is 0 Å². The van der Waals surface area contributed by atoms with Gasteiger partial charge in [-0.1, -0.05) is 26.0 Å². The Balaban J connectivity index is 1.97. The Hall–Kier alpha value is -2.94. The molecule has 0 saturated carbocycles. The summed E-state index contributed by atoms with van der Waals surface area (Å²) in [5.74, 6) is -0.281. The highest BCUT2D eigenvalue weighted by Crippen LogP contribution is 2.56. The number of alkyl halides is 3. The third-order valence-corrected chi connectivity index (χ3v) is 6.06. The largest absolute Gasteiger partial charge is 0.493 e. The minimum absolute atomic E-state index is 0.115. The van der Waals surface area contributed by atoms with E-state index in [-0.39, 0.29) is 11.3 Å². The Morgan fingerprint density at radius 1 is 1.19 bits per heavy atom. The molecule has 0 saturated heterocycles. The number of hydrogen-bond acceptors (Lipinski definition) is 5. The Bertz CT molecular complexity index is 1200. The van der Waals surface area contributed by atoms with Gasteiger partial charge in [0.15, 0.2) is 17.2 Å². The van der Waals surface area contributed by atoms with Crippen molar-refractivity contribution in [2.45, 2.75) is 50.4 Å². The molecule has 3 aromatic rings. The number of fused-ring (bicyclic) bond motifs is 2. The molecule has 1 heterocycles. The topological polar surface area (TPSA) is 67.3 Å². The number of aliphatic hydroxyl groups is 1. The fourth-order valence-corrected chi connectivity index (χ4v) is 4.72. The van der Waals surface area contributed by atoms with Crippen LogP contribution >= 0.6 is 0 Å². The number of rotatable bonds is 3. The average molecular weight is 449 g/mol. The van der Waals surface area contributed by atoms with Gasteiger partial charge in [0.05, 0.1) is 18.7 Å². The third-order valence-electron chi connectivity index (χ3n) is 6.06. The second-order valence-electron chi connectivity index (χ2n) is 8.76. The lowest BCUT2D eigenvalue weighted by molar-refractivity contribution is -0.275. The van der Waals surface area contributed by atoms with Crippen LogP contribution in [-0.2, 0) is 5.41 Å². The molecule has 4 rings (SSSR count). The summed E-state index contributed by atoms with van der Waals surface area (Å²) in [5.41, 5.74) is -3.07. The van der Waals surface area contributed by atoms with Gasteiger partial charge in [0.1, 0.15) is 5.82 Å². The van der Waals surface area contributed by atoms with Crippen molar-refractivity contribution in [3.63, 3.8) is 0 Å². The second kappa shape index (κ2) is 7.30. The molecule has 170 valence electrons. The molecule has 0 unspecified atom stereocenters. The zero-order chi connectivity index (χ0) is 23.5. The summed E-state index contributed by atoms with van der Waals surface area (Å²) in [4.78, 5) is 8.46.